The molecule has 2 N–H and O–H groups in total. The molecule has 1 aliphatic heterocycles. The summed E-state index contributed by atoms with van der Waals surface area (Å²) in [4.78, 5) is 19.9. The Labute approximate surface area is 204 Å². The number of benzene rings is 2. The maximum absolute atomic E-state index is 12.4. The van der Waals surface area contributed by atoms with Gasteiger partial charge in [0.1, 0.15) is 0 Å². The molecule has 3 heterocycles. The van der Waals surface area contributed by atoms with Crippen LogP contribution in [-0.4, -0.2) is 78.3 Å². The van der Waals surface area contributed by atoms with E-state index < -0.39 is 10.0 Å². The highest BCUT2D eigenvalue weighted by Crippen LogP contribution is 2.24. The Bertz CT molecular complexity index is 1500. The van der Waals surface area contributed by atoms with Crippen LogP contribution in [0.1, 0.15) is 11.1 Å². The first-order valence-corrected chi connectivity index (χ1v) is 13.4. The van der Waals surface area contributed by atoms with Crippen LogP contribution in [0.2, 0.25) is 0 Å². The van der Waals surface area contributed by atoms with E-state index in [1.165, 1.54) is 10.2 Å². The molecule has 1 amide bonds. The Morgan fingerprint density at radius 3 is 2.49 bits per heavy atom. The summed E-state index contributed by atoms with van der Waals surface area (Å²) in [6.07, 6.45) is 6.47. The number of para-hydroxylation sites is 2. The number of hydrazone groups is 1. The van der Waals surface area contributed by atoms with Gasteiger partial charge < -0.3 is 4.98 Å². The number of rotatable bonds is 7. The van der Waals surface area contributed by atoms with Crippen molar-refractivity contribution in [3.05, 3.63) is 72.1 Å². The van der Waals surface area contributed by atoms with Gasteiger partial charge in [0, 0.05) is 67.0 Å². The summed E-state index contributed by atoms with van der Waals surface area (Å²) in [6.45, 7) is 4.05. The molecule has 0 aliphatic carbocycles. The highest BCUT2D eigenvalue weighted by Gasteiger charge is 2.21. The molecular weight excluding hydrogens is 464 g/mol. The third-order valence-electron chi connectivity index (χ3n) is 6.36. The molecule has 0 atom stereocenters. The maximum atomic E-state index is 12.4. The normalized spacial score (nSPS) is 15.9. The summed E-state index contributed by atoms with van der Waals surface area (Å²) in [7, 11) is -3.37. The number of fused-ring (bicyclic) bond motifs is 2. The van der Waals surface area contributed by atoms with Crippen LogP contribution < -0.4 is 5.43 Å². The lowest BCUT2D eigenvalue weighted by Crippen LogP contribution is -2.48. The van der Waals surface area contributed by atoms with Gasteiger partial charge in [-0.25, -0.2) is 17.8 Å². The lowest BCUT2D eigenvalue weighted by atomic mass is 10.1. The summed E-state index contributed by atoms with van der Waals surface area (Å²) < 4.78 is 25.7. The molecule has 9 nitrogen and oxygen atoms in total. The number of aromatic nitrogens is 2. The van der Waals surface area contributed by atoms with Crippen LogP contribution in [0.25, 0.3) is 21.8 Å². The molecule has 1 fully saturated rings. The topological polar surface area (TPSA) is 103 Å². The van der Waals surface area contributed by atoms with Crippen molar-refractivity contribution in [2.45, 2.75) is 6.54 Å². The van der Waals surface area contributed by atoms with Gasteiger partial charge in [0.05, 0.1) is 24.5 Å². The molecule has 0 spiro atoms. The number of H-pyrrole nitrogens is 1. The van der Waals surface area contributed by atoms with Crippen LogP contribution in [-0.2, 0) is 21.4 Å². The summed E-state index contributed by atoms with van der Waals surface area (Å²) in [5.74, 6) is -0.147. The van der Waals surface area contributed by atoms with Crippen molar-refractivity contribution in [3.63, 3.8) is 0 Å². The first-order valence-electron chi connectivity index (χ1n) is 11.5. The van der Waals surface area contributed by atoms with E-state index in [4.69, 9.17) is 0 Å². The average Bonchev–Trinajstić information content (AvgIpc) is 3.42. The van der Waals surface area contributed by atoms with E-state index in [0.29, 0.717) is 12.1 Å². The van der Waals surface area contributed by atoms with Crippen molar-refractivity contribution in [1.82, 2.24) is 24.2 Å². The monoisotopic (exact) mass is 492 g/mol. The number of carbonyl (C=O) groups is 1. The second-order valence-electron chi connectivity index (χ2n) is 8.87. The first kappa shape index (κ1) is 23.3. The fourth-order valence-electron chi connectivity index (χ4n) is 4.58. The molecule has 182 valence electrons. The van der Waals surface area contributed by atoms with Gasteiger partial charge in [-0.15, -0.1) is 0 Å². The van der Waals surface area contributed by atoms with Crippen molar-refractivity contribution in [2.75, 3.05) is 39.0 Å². The molecule has 10 heteroatoms. The van der Waals surface area contributed by atoms with Crippen molar-refractivity contribution in [2.24, 2.45) is 5.10 Å². The van der Waals surface area contributed by atoms with E-state index in [2.05, 4.69) is 25.3 Å². The van der Waals surface area contributed by atoms with Crippen LogP contribution in [0.4, 0.5) is 0 Å². The van der Waals surface area contributed by atoms with Crippen LogP contribution in [0.5, 0.6) is 0 Å². The number of hydrogen-bond acceptors (Lipinski definition) is 6. The zero-order valence-electron chi connectivity index (χ0n) is 19.5. The molecule has 2 aromatic heterocycles. The average molecular weight is 493 g/mol. The number of aromatic amines is 1. The molecule has 1 aliphatic rings. The van der Waals surface area contributed by atoms with E-state index in [-0.39, 0.29) is 12.5 Å². The Morgan fingerprint density at radius 2 is 1.71 bits per heavy atom. The molecular formula is C25H28N6O3S. The standard InChI is InChI=1S/C25H28N6O3S/c1-35(33,34)31-17-20(22-7-3-5-9-24(22)31)16-29-10-12-30(13-11-29)18-25(32)28-27-15-19-14-26-23-8-4-2-6-21(19)23/h2-9,14-15,17,26H,10-13,16,18H2,1H3,(H,28,32). The maximum Gasteiger partial charge on any atom is 0.254 e. The lowest BCUT2D eigenvalue weighted by Gasteiger charge is -2.34. The van der Waals surface area contributed by atoms with Gasteiger partial charge in [0.2, 0.25) is 10.0 Å². The van der Waals surface area contributed by atoms with Gasteiger partial charge in [-0.2, -0.15) is 5.10 Å². The van der Waals surface area contributed by atoms with Crippen molar-refractivity contribution in [1.29, 1.82) is 0 Å². The first-order chi connectivity index (χ1) is 16.9. The number of piperazine rings is 1. The zero-order valence-corrected chi connectivity index (χ0v) is 20.3. The Hall–Kier alpha value is -3.47. The van der Waals surface area contributed by atoms with E-state index in [1.807, 2.05) is 54.7 Å². The van der Waals surface area contributed by atoms with Crippen molar-refractivity contribution in [3.8, 4) is 0 Å². The minimum absolute atomic E-state index is 0.147. The lowest BCUT2D eigenvalue weighted by molar-refractivity contribution is -0.122. The Kier molecular flexibility index (Phi) is 6.42. The molecule has 0 saturated carbocycles. The number of amides is 1. The third-order valence-corrected chi connectivity index (χ3v) is 7.37. The number of nitrogens with zero attached hydrogens (tertiary/aromatic N) is 4. The van der Waals surface area contributed by atoms with Gasteiger partial charge in [0.25, 0.3) is 5.91 Å². The Balaban J connectivity index is 1.14. The second kappa shape index (κ2) is 9.65. The number of carbonyl (C=O) groups excluding carboxylic acids is 1. The summed E-state index contributed by atoms with van der Waals surface area (Å²) in [5.41, 5.74) is 6.26. The van der Waals surface area contributed by atoms with Crippen LogP contribution in [0, 0.1) is 0 Å². The van der Waals surface area contributed by atoms with E-state index in [9.17, 15) is 13.2 Å². The largest absolute Gasteiger partial charge is 0.361 e. The van der Waals surface area contributed by atoms with Gasteiger partial charge in [0.15, 0.2) is 0 Å². The quantitative estimate of drug-likeness (QED) is 0.304. The van der Waals surface area contributed by atoms with E-state index in [1.54, 1.807) is 12.4 Å². The van der Waals surface area contributed by atoms with Gasteiger partial charge >= 0.3 is 0 Å². The summed E-state index contributed by atoms with van der Waals surface area (Å²) >= 11 is 0. The van der Waals surface area contributed by atoms with Gasteiger partial charge in [-0.1, -0.05) is 36.4 Å². The van der Waals surface area contributed by atoms with Gasteiger partial charge in [-0.3, -0.25) is 14.6 Å². The van der Waals surface area contributed by atoms with E-state index >= 15 is 0 Å². The highest BCUT2D eigenvalue weighted by molar-refractivity contribution is 7.89. The molecule has 35 heavy (non-hydrogen) atoms. The van der Waals surface area contributed by atoms with Gasteiger partial charge in [-0.05, 0) is 17.7 Å². The zero-order chi connectivity index (χ0) is 24.4. The molecule has 0 bridgehead atoms. The highest BCUT2D eigenvalue weighted by atomic mass is 32.2. The molecule has 4 aromatic rings. The molecule has 1 saturated heterocycles. The van der Waals surface area contributed by atoms with Crippen LogP contribution in [0.3, 0.4) is 0 Å². The predicted molar refractivity (Wildman–Crippen MR) is 138 cm³/mol. The molecule has 2 aromatic carbocycles. The fraction of sp³-hybridized carbons (Fsp3) is 0.280. The Morgan fingerprint density at radius 1 is 1.03 bits per heavy atom. The third kappa shape index (κ3) is 5.14. The minimum atomic E-state index is -3.37. The van der Waals surface area contributed by atoms with Crippen molar-refractivity contribution >= 4 is 44.0 Å². The van der Waals surface area contributed by atoms with Crippen LogP contribution >= 0.6 is 0 Å². The minimum Gasteiger partial charge on any atom is -0.361 e. The number of nitrogens with one attached hydrogen (secondary N) is 2. The van der Waals surface area contributed by atoms with Crippen LogP contribution in [0.15, 0.2) is 66.0 Å². The molecule has 0 unspecified atom stereocenters. The SMILES string of the molecule is CS(=O)(=O)n1cc(CN2CCN(CC(=O)NN=Cc3c[nH]c4ccccc34)CC2)c2ccccc21. The number of hydrogen-bond donors (Lipinski definition) is 2. The molecule has 5 rings (SSSR count). The van der Waals surface area contributed by atoms with E-state index in [0.717, 1.165) is 53.6 Å². The smallest absolute Gasteiger partial charge is 0.254 e. The fourth-order valence-corrected chi connectivity index (χ4v) is 5.41. The van der Waals surface area contributed by atoms with Crippen molar-refractivity contribution < 1.29 is 13.2 Å². The molecule has 0 radical (unpaired) electrons. The predicted octanol–water partition coefficient (Wildman–Crippen LogP) is 2.20. The second-order valence-corrected chi connectivity index (χ2v) is 10.7. The summed E-state index contributed by atoms with van der Waals surface area (Å²) in [5, 5.41) is 6.13. The summed E-state index contributed by atoms with van der Waals surface area (Å²) in [6, 6.07) is 15.5.